The van der Waals surface area contributed by atoms with Gasteiger partial charge in [0.15, 0.2) is 0 Å². The van der Waals surface area contributed by atoms with E-state index in [4.69, 9.17) is 4.74 Å². The van der Waals surface area contributed by atoms with Gasteiger partial charge in [-0.25, -0.2) is 4.79 Å². The molecule has 1 rings (SSSR count). The van der Waals surface area contributed by atoms with Gasteiger partial charge < -0.3 is 10.1 Å². The average molecular weight is 309 g/mol. The van der Waals surface area contributed by atoms with Gasteiger partial charge in [0.2, 0.25) is 5.91 Å². The van der Waals surface area contributed by atoms with Crippen molar-refractivity contribution in [2.45, 2.75) is 44.0 Å². The SMILES string of the molecule is COC(=O)C(CSc1ccc(C(C)(C)C)cc1)NC(C)=O. The molecule has 0 fully saturated rings. The number of nitrogens with one attached hydrogen (secondary N) is 1. The van der Waals surface area contributed by atoms with Gasteiger partial charge in [-0.15, -0.1) is 11.8 Å². The van der Waals surface area contributed by atoms with Crippen molar-refractivity contribution in [3.05, 3.63) is 29.8 Å². The lowest BCUT2D eigenvalue weighted by Crippen LogP contribution is -2.42. The van der Waals surface area contributed by atoms with Crippen molar-refractivity contribution in [1.29, 1.82) is 0 Å². The molecule has 1 aromatic rings. The number of hydrogen-bond acceptors (Lipinski definition) is 4. The Labute approximate surface area is 130 Å². The maximum Gasteiger partial charge on any atom is 0.329 e. The summed E-state index contributed by atoms with van der Waals surface area (Å²) in [6.45, 7) is 7.89. The number of carbonyl (C=O) groups is 2. The summed E-state index contributed by atoms with van der Waals surface area (Å²) in [4.78, 5) is 23.8. The van der Waals surface area contributed by atoms with E-state index in [-0.39, 0.29) is 11.3 Å². The Bertz CT molecular complexity index is 491. The van der Waals surface area contributed by atoms with Crippen molar-refractivity contribution >= 4 is 23.6 Å². The number of rotatable bonds is 5. The number of thioether (sulfide) groups is 1. The molecule has 0 aromatic heterocycles. The Morgan fingerprint density at radius 1 is 1.24 bits per heavy atom. The molecule has 0 aliphatic rings. The van der Waals surface area contributed by atoms with E-state index in [2.05, 4.69) is 38.2 Å². The van der Waals surface area contributed by atoms with E-state index in [0.717, 1.165) is 4.90 Å². The standard InChI is InChI=1S/C16H23NO3S/c1-11(18)17-14(15(19)20-5)10-21-13-8-6-12(7-9-13)16(2,3)4/h6-9,14H,10H2,1-5H3,(H,17,18). The van der Waals surface area contributed by atoms with Crippen LogP contribution < -0.4 is 5.32 Å². The highest BCUT2D eigenvalue weighted by Gasteiger charge is 2.20. The van der Waals surface area contributed by atoms with Crippen LogP contribution in [-0.4, -0.2) is 30.8 Å². The highest BCUT2D eigenvalue weighted by molar-refractivity contribution is 7.99. The van der Waals surface area contributed by atoms with Gasteiger partial charge >= 0.3 is 5.97 Å². The van der Waals surface area contributed by atoms with Crippen molar-refractivity contribution in [2.24, 2.45) is 0 Å². The zero-order valence-electron chi connectivity index (χ0n) is 13.2. The van der Waals surface area contributed by atoms with Gasteiger partial charge in [0.05, 0.1) is 7.11 Å². The van der Waals surface area contributed by atoms with Crippen LogP contribution in [0.5, 0.6) is 0 Å². The van der Waals surface area contributed by atoms with Crippen molar-refractivity contribution in [3.8, 4) is 0 Å². The van der Waals surface area contributed by atoms with E-state index in [0.29, 0.717) is 5.75 Å². The molecule has 1 N–H and O–H groups in total. The van der Waals surface area contributed by atoms with E-state index in [1.54, 1.807) is 0 Å². The van der Waals surface area contributed by atoms with Gasteiger partial charge in [0, 0.05) is 17.6 Å². The Hall–Kier alpha value is -1.49. The van der Waals surface area contributed by atoms with E-state index < -0.39 is 12.0 Å². The first-order valence-electron chi connectivity index (χ1n) is 6.82. The minimum atomic E-state index is -0.625. The molecule has 0 spiro atoms. The van der Waals surface area contributed by atoms with Crippen LogP contribution in [0, 0.1) is 0 Å². The third-order valence-corrected chi connectivity index (χ3v) is 4.11. The van der Waals surface area contributed by atoms with Crippen LogP contribution in [0.15, 0.2) is 29.2 Å². The normalized spacial score (nSPS) is 12.6. The van der Waals surface area contributed by atoms with Gasteiger partial charge in [-0.3, -0.25) is 4.79 Å². The van der Waals surface area contributed by atoms with Gasteiger partial charge in [-0.05, 0) is 23.1 Å². The van der Waals surface area contributed by atoms with Crippen LogP contribution in [0.25, 0.3) is 0 Å². The molecule has 0 aliphatic carbocycles. The molecule has 0 bridgehead atoms. The van der Waals surface area contributed by atoms with Gasteiger partial charge in [-0.1, -0.05) is 32.9 Å². The van der Waals surface area contributed by atoms with E-state index in [1.807, 2.05) is 12.1 Å². The second-order valence-electron chi connectivity index (χ2n) is 5.86. The predicted molar refractivity (Wildman–Crippen MR) is 85.5 cm³/mol. The third kappa shape index (κ3) is 5.79. The molecule has 116 valence electrons. The lowest BCUT2D eigenvalue weighted by Gasteiger charge is -2.19. The molecule has 0 aliphatic heterocycles. The van der Waals surface area contributed by atoms with Crippen LogP contribution in [0.3, 0.4) is 0 Å². The van der Waals surface area contributed by atoms with Crippen LogP contribution in [0.1, 0.15) is 33.3 Å². The molecule has 1 unspecified atom stereocenters. The fourth-order valence-electron chi connectivity index (χ4n) is 1.79. The lowest BCUT2D eigenvalue weighted by atomic mass is 9.87. The molecular weight excluding hydrogens is 286 g/mol. The van der Waals surface area contributed by atoms with E-state index in [9.17, 15) is 9.59 Å². The molecule has 0 radical (unpaired) electrons. The van der Waals surface area contributed by atoms with Gasteiger partial charge in [-0.2, -0.15) is 0 Å². The number of hydrogen-bond donors (Lipinski definition) is 1. The number of methoxy groups -OCH3 is 1. The number of benzene rings is 1. The summed E-state index contributed by atoms with van der Waals surface area (Å²) < 4.78 is 4.70. The largest absolute Gasteiger partial charge is 0.467 e. The maximum atomic E-state index is 11.6. The number of carbonyl (C=O) groups excluding carboxylic acids is 2. The van der Waals surface area contributed by atoms with Crippen molar-refractivity contribution in [1.82, 2.24) is 5.32 Å². The zero-order valence-corrected chi connectivity index (χ0v) is 14.0. The Morgan fingerprint density at radius 3 is 2.24 bits per heavy atom. The second-order valence-corrected chi connectivity index (χ2v) is 6.96. The number of esters is 1. The smallest absolute Gasteiger partial charge is 0.329 e. The Kier molecular flexibility index (Phi) is 6.27. The fourth-order valence-corrected chi connectivity index (χ4v) is 2.69. The topological polar surface area (TPSA) is 55.4 Å². The minimum Gasteiger partial charge on any atom is -0.467 e. The van der Waals surface area contributed by atoms with E-state index >= 15 is 0 Å². The molecule has 21 heavy (non-hydrogen) atoms. The first-order chi connectivity index (χ1) is 9.74. The molecule has 1 amide bonds. The van der Waals surface area contributed by atoms with Gasteiger partial charge in [0.25, 0.3) is 0 Å². The molecule has 5 heteroatoms. The van der Waals surface area contributed by atoms with Gasteiger partial charge in [0.1, 0.15) is 6.04 Å². The summed E-state index contributed by atoms with van der Waals surface area (Å²) in [6.07, 6.45) is 0. The fraction of sp³-hybridized carbons (Fsp3) is 0.500. The Balaban J connectivity index is 2.67. The Morgan fingerprint density at radius 2 is 1.81 bits per heavy atom. The zero-order chi connectivity index (χ0) is 16.0. The maximum absolute atomic E-state index is 11.6. The van der Waals surface area contributed by atoms with Crippen LogP contribution in [0.2, 0.25) is 0 Å². The minimum absolute atomic E-state index is 0.119. The summed E-state index contributed by atoms with van der Waals surface area (Å²) >= 11 is 1.52. The highest BCUT2D eigenvalue weighted by Crippen LogP contribution is 2.26. The van der Waals surface area contributed by atoms with Crippen LogP contribution in [0.4, 0.5) is 0 Å². The predicted octanol–water partition coefficient (Wildman–Crippen LogP) is 2.75. The summed E-state index contributed by atoms with van der Waals surface area (Å²) in [5.74, 6) is -0.223. The first-order valence-corrected chi connectivity index (χ1v) is 7.81. The monoisotopic (exact) mass is 309 g/mol. The molecule has 0 heterocycles. The molecule has 4 nitrogen and oxygen atoms in total. The molecule has 0 saturated heterocycles. The van der Waals surface area contributed by atoms with E-state index in [1.165, 1.54) is 31.4 Å². The molecular formula is C16H23NO3S. The lowest BCUT2D eigenvalue weighted by molar-refractivity contribution is -0.144. The summed E-state index contributed by atoms with van der Waals surface area (Å²) in [5, 5.41) is 2.60. The average Bonchev–Trinajstić information content (AvgIpc) is 2.41. The van der Waals surface area contributed by atoms with Crippen molar-refractivity contribution < 1.29 is 14.3 Å². The third-order valence-electron chi connectivity index (χ3n) is 3.00. The highest BCUT2D eigenvalue weighted by atomic mass is 32.2. The van der Waals surface area contributed by atoms with Crippen LogP contribution in [-0.2, 0) is 19.7 Å². The molecule has 1 atom stereocenters. The summed E-state index contributed by atoms with van der Waals surface area (Å²) in [5.41, 5.74) is 1.38. The summed E-state index contributed by atoms with van der Waals surface area (Å²) in [7, 11) is 1.32. The van der Waals surface area contributed by atoms with Crippen molar-refractivity contribution in [3.63, 3.8) is 0 Å². The number of amides is 1. The first kappa shape index (κ1) is 17.6. The molecule has 0 saturated carbocycles. The van der Waals surface area contributed by atoms with Crippen LogP contribution >= 0.6 is 11.8 Å². The van der Waals surface area contributed by atoms with Crippen molar-refractivity contribution in [2.75, 3.05) is 12.9 Å². The summed E-state index contributed by atoms with van der Waals surface area (Å²) in [6, 6.07) is 7.63. The molecule has 1 aromatic carbocycles. The number of ether oxygens (including phenoxy) is 1. The second kappa shape index (κ2) is 7.50. The quantitative estimate of drug-likeness (QED) is 0.671.